The molecule has 1 saturated heterocycles. The molecule has 0 radical (unpaired) electrons. The Bertz CT molecular complexity index is 869. The lowest BCUT2D eigenvalue weighted by atomic mass is 10.0. The van der Waals surface area contributed by atoms with Crippen LogP contribution in [0.2, 0.25) is 0 Å². The van der Waals surface area contributed by atoms with Gasteiger partial charge in [-0.3, -0.25) is 4.90 Å². The first-order valence-electron chi connectivity index (χ1n) is 12.5. The molecule has 180 valence electrons. The minimum atomic E-state index is -0.174. The molecule has 3 nitrogen and oxygen atoms in total. The van der Waals surface area contributed by atoms with Gasteiger partial charge in [0.25, 0.3) is 0 Å². The van der Waals surface area contributed by atoms with Crippen molar-refractivity contribution in [1.82, 2.24) is 4.90 Å². The van der Waals surface area contributed by atoms with E-state index in [0.717, 1.165) is 45.4 Å². The number of anilines is 1. The molecule has 33 heavy (non-hydrogen) atoms. The number of halogens is 1. The Balaban J connectivity index is 1.62. The molecule has 0 amide bonds. The first-order valence-corrected chi connectivity index (χ1v) is 12.5. The van der Waals surface area contributed by atoms with Crippen molar-refractivity contribution in [2.45, 2.75) is 65.5 Å². The molecule has 1 aliphatic rings. The number of hydrogen-bond acceptors (Lipinski definition) is 3. The third kappa shape index (κ3) is 8.28. The molecule has 2 unspecified atom stereocenters. The SMILES string of the molecule is CC(C)=CCN(c1ccc(CCc2ccc(F)cc2)cc1)C1CCN(CC(N)CC(C)C)C1. The fourth-order valence-electron chi connectivity index (χ4n) is 4.78. The van der Waals surface area contributed by atoms with E-state index in [1.54, 1.807) is 12.1 Å². The normalized spacial score (nSPS) is 17.4. The van der Waals surface area contributed by atoms with Crippen LogP contribution in [0.15, 0.2) is 60.2 Å². The van der Waals surface area contributed by atoms with Gasteiger partial charge >= 0.3 is 0 Å². The van der Waals surface area contributed by atoms with Crippen LogP contribution in [0.25, 0.3) is 0 Å². The van der Waals surface area contributed by atoms with Crippen molar-refractivity contribution in [3.05, 3.63) is 77.1 Å². The van der Waals surface area contributed by atoms with Gasteiger partial charge in [0, 0.05) is 44.0 Å². The summed E-state index contributed by atoms with van der Waals surface area (Å²) in [5, 5.41) is 0. The van der Waals surface area contributed by atoms with Crippen molar-refractivity contribution in [3.8, 4) is 0 Å². The molecular weight excluding hydrogens is 409 g/mol. The quantitative estimate of drug-likeness (QED) is 0.436. The van der Waals surface area contributed by atoms with Crippen molar-refractivity contribution in [2.75, 3.05) is 31.1 Å². The lowest BCUT2D eigenvalue weighted by molar-refractivity contribution is 0.292. The number of nitrogens with two attached hydrogens (primary N) is 1. The van der Waals surface area contributed by atoms with Crippen molar-refractivity contribution in [2.24, 2.45) is 11.7 Å². The van der Waals surface area contributed by atoms with Crippen LogP contribution in [0.3, 0.4) is 0 Å². The summed E-state index contributed by atoms with van der Waals surface area (Å²) in [7, 11) is 0. The smallest absolute Gasteiger partial charge is 0.123 e. The minimum Gasteiger partial charge on any atom is -0.363 e. The average Bonchev–Trinajstić information content (AvgIpc) is 3.21. The number of likely N-dealkylation sites (tertiary alicyclic amines) is 1. The van der Waals surface area contributed by atoms with E-state index in [2.05, 4.69) is 67.8 Å². The lowest BCUT2D eigenvalue weighted by Gasteiger charge is -2.31. The molecule has 0 aromatic heterocycles. The van der Waals surface area contributed by atoms with E-state index in [0.29, 0.717) is 12.0 Å². The molecule has 0 bridgehead atoms. The van der Waals surface area contributed by atoms with Gasteiger partial charge in [0.1, 0.15) is 5.82 Å². The summed E-state index contributed by atoms with van der Waals surface area (Å²) in [6, 6.07) is 16.7. The van der Waals surface area contributed by atoms with Crippen LogP contribution in [-0.4, -0.2) is 43.2 Å². The van der Waals surface area contributed by atoms with E-state index >= 15 is 0 Å². The summed E-state index contributed by atoms with van der Waals surface area (Å²) in [6.45, 7) is 13.0. The fourth-order valence-corrected chi connectivity index (χ4v) is 4.78. The molecule has 1 fully saturated rings. The third-order valence-corrected chi connectivity index (χ3v) is 6.53. The summed E-state index contributed by atoms with van der Waals surface area (Å²) >= 11 is 0. The van der Waals surface area contributed by atoms with Crippen LogP contribution in [0.1, 0.15) is 51.7 Å². The summed E-state index contributed by atoms with van der Waals surface area (Å²) in [4.78, 5) is 5.11. The standard InChI is InChI=1S/C29H42FN3/c1-22(2)15-18-33(29-16-17-32(21-29)20-27(31)19-23(3)4)28-13-9-25(10-14-28)6-5-24-7-11-26(30)12-8-24/h7-15,23,27,29H,5-6,16-21,31H2,1-4H3. The van der Waals surface area contributed by atoms with Crippen molar-refractivity contribution >= 4 is 5.69 Å². The number of nitrogens with zero attached hydrogens (tertiary/aromatic N) is 2. The minimum absolute atomic E-state index is 0.174. The van der Waals surface area contributed by atoms with Gasteiger partial charge in [-0.1, -0.05) is 49.8 Å². The van der Waals surface area contributed by atoms with Gasteiger partial charge in [-0.05, 0) is 80.8 Å². The highest BCUT2D eigenvalue weighted by Crippen LogP contribution is 2.25. The summed E-state index contributed by atoms with van der Waals surface area (Å²) in [6.07, 6.45) is 6.48. The average molecular weight is 452 g/mol. The highest BCUT2D eigenvalue weighted by atomic mass is 19.1. The largest absolute Gasteiger partial charge is 0.363 e. The van der Waals surface area contributed by atoms with Crippen molar-refractivity contribution in [3.63, 3.8) is 0 Å². The molecule has 3 rings (SSSR count). The Kier molecular flexibility index (Phi) is 9.52. The predicted octanol–water partition coefficient (Wildman–Crippen LogP) is 5.83. The zero-order valence-corrected chi connectivity index (χ0v) is 20.9. The van der Waals surface area contributed by atoms with Crippen LogP contribution >= 0.6 is 0 Å². The molecule has 2 atom stereocenters. The van der Waals surface area contributed by atoms with E-state index < -0.39 is 0 Å². The molecule has 4 heteroatoms. The van der Waals surface area contributed by atoms with Crippen LogP contribution in [0.5, 0.6) is 0 Å². The molecule has 0 spiro atoms. The maximum absolute atomic E-state index is 13.1. The Morgan fingerprint density at radius 1 is 1.06 bits per heavy atom. The monoisotopic (exact) mass is 451 g/mol. The Hall–Kier alpha value is -2.17. The molecule has 2 N–H and O–H groups in total. The number of allylic oxidation sites excluding steroid dienone is 1. The number of aryl methyl sites for hydroxylation is 2. The van der Waals surface area contributed by atoms with Crippen LogP contribution in [0, 0.1) is 11.7 Å². The second kappa shape index (κ2) is 12.3. The van der Waals surface area contributed by atoms with E-state index in [1.807, 2.05) is 12.1 Å². The fraction of sp³-hybridized carbons (Fsp3) is 0.517. The molecule has 0 saturated carbocycles. The molecule has 1 heterocycles. The predicted molar refractivity (Wildman–Crippen MR) is 139 cm³/mol. The molecule has 0 aliphatic carbocycles. The van der Waals surface area contributed by atoms with Crippen molar-refractivity contribution < 1.29 is 4.39 Å². The van der Waals surface area contributed by atoms with Gasteiger partial charge in [-0.2, -0.15) is 0 Å². The van der Waals surface area contributed by atoms with E-state index in [-0.39, 0.29) is 11.9 Å². The number of benzene rings is 2. The van der Waals surface area contributed by atoms with Crippen molar-refractivity contribution in [1.29, 1.82) is 0 Å². The Labute approximate surface area is 200 Å². The number of hydrogen-bond donors (Lipinski definition) is 1. The molecule has 2 aromatic carbocycles. The Morgan fingerprint density at radius 2 is 1.67 bits per heavy atom. The van der Waals surface area contributed by atoms with Gasteiger partial charge in [-0.25, -0.2) is 4.39 Å². The third-order valence-electron chi connectivity index (χ3n) is 6.53. The number of rotatable bonds is 11. The summed E-state index contributed by atoms with van der Waals surface area (Å²) in [5.41, 5.74) is 11.5. The van der Waals surface area contributed by atoms with Gasteiger partial charge in [-0.15, -0.1) is 0 Å². The first-order chi connectivity index (χ1) is 15.8. The van der Waals surface area contributed by atoms with Gasteiger partial charge in [0.15, 0.2) is 0 Å². The van der Waals surface area contributed by atoms with Gasteiger partial charge < -0.3 is 10.6 Å². The van der Waals surface area contributed by atoms with E-state index in [9.17, 15) is 4.39 Å². The summed E-state index contributed by atoms with van der Waals surface area (Å²) < 4.78 is 13.1. The second-order valence-electron chi connectivity index (χ2n) is 10.3. The molecular formula is C29H42FN3. The van der Waals surface area contributed by atoms with Crippen LogP contribution in [0.4, 0.5) is 10.1 Å². The zero-order chi connectivity index (χ0) is 23.8. The highest BCUT2D eigenvalue weighted by Gasteiger charge is 2.28. The maximum Gasteiger partial charge on any atom is 0.123 e. The highest BCUT2D eigenvalue weighted by molar-refractivity contribution is 5.50. The van der Waals surface area contributed by atoms with Crippen LogP contribution in [-0.2, 0) is 12.8 Å². The van der Waals surface area contributed by atoms with E-state index in [4.69, 9.17) is 5.73 Å². The lowest BCUT2D eigenvalue weighted by Crippen LogP contribution is -2.41. The summed E-state index contributed by atoms with van der Waals surface area (Å²) in [5.74, 6) is 0.473. The molecule has 1 aliphatic heterocycles. The Morgan fingerprint density at radius 3 is 2.24 bits per heavy atom. The zero-order valence-electron chi connectivity index (χ0n) is 20.9. The van der Waals surface area contributed by atoms with Gasteiger partial charge in [0.2, 0.25) is 0 Å². The van der Waals surface area contributed by atoms with Crippen LogP contribution < -0.4 is 10.6 Å². The molecule has 2 aromatic rings. The first kappa shape index (κ1) is 25.5. The second-order valence-corrected chi connectivity index (χ2v) is 10.3. The van der Waals surface area contributed by atoms with E-state index in [1.165, 1.54) is 28.8 Å². The topological polar surface area (TPSA) is 32.5 Å². The van der Waals surface area contributed by atoms with Gasteiger partial charge in [0.05, 0.1) is 0 Å². The maximum atomic E-state index is 13.1.